The summed E-state index contributed by atoms with van der Waals surface area (Å²) in [7, 11) is -2.58. The molecular weight excluding hydrogens is 1030 g/mol. The van der Waals surface area contributed by atoms with Gasteiger partial charge in [0.1, 0.15) is 23.0 Å². The summed E-state index contributed by atoms with van der Waals surface area (Å²) in [5.74, 6) is -1.68. The molecule has 4 aromatic rings. The number of aliphatic hydroxyl groups excluding tert-OH is 3. The lowest BCUT2D eigenvalue weighted by Gasteiger charge is -2.54. The second kappa shape index (κ2) is 22.2. The van der Waals surface area contributed by atoms with Gasteiger partial charge in [-0.2, -0.15) is 8.42 Å². The molecule has 4 aromatic carbocycles. The predicted octanol–water partition coefficient (Wildman–Crippen LogP) is 6.38. The van der Waals surface area contributed by atoms with Crippen molar-refractivity contribution in [3.05, 3.63) is 133 Å². The van der Waals surface area contributed by atoms with E-state index in [1.165, 1.54) is 36.4 Å². The van der Waals surface area contributed by atoms with E-state index in [0.29, 0.717) is 29.4 Å². The minimum atomic E-state index is -4.10. The number of ether oxygens (including phenoxy) is 4. The zero-order chi connectivity index (χ0) is 53.8. The van der Waals surface area contributed by atoms with Gasteiger partial charge in [0.25, 0.3) is 19.2 Å². The molecule has 4 fully saturated rings. The van der Waals surface area contributed by atoms with E-state index in [9.17, 15) is 46.2 Å². The zero-order valence-corrected chi connectivity index (χ0v) is 43.5. The Morgan fingerprint density at radius 3 is 1.39 bits per heavy atom. The van der Waals surface area contributed by atoms with Gasteiger partial charge in [-0.15, -0.1) is 0 Å². The summed E-state index contributed by atoms with van der Waals surface area (Å²) in [6, 6.07) is 30.0. The molecule has 4 saturated heterocycles. The quantitative estimate of drug-likeness (QED) is 0.0352. The maximum Gasteiger partial charge on any atom is 0.339 e. The SMILES string of the molecule is C[C@@]12OC(=O)[C@]1([C@@H](O)[C@@H]1C=CCCC1)NC(=O)[C@@H]2CCO.C[C@@]12OC(=O)[C@]1([C@@H](O)[C@@H]1C=CCCC1)NC(=O)[C@@H]2CCOS(=O)(=O)c1ccc(Oc2ccccc2)cc1.O=S(=O)(Cl)c1ccc(Oc2ccccc2)cc1. The molecule has 400 valence electrons. The van der Waals surface area contributed by atoms with Crippen molar-refractivity contribution in [2.45, 2.75) is 109 Å². The topological polar surface area (TPSA) is 267 Å². The van der Waals surface area contributed by atoms with Gasteiger partial charge in [-0.25, -0.2) is 18.0 Å². The number of amides is 2. The number of para-hydroxylation sites is 2. The van der Waals surface area contributed by atoms with Gasteiger partial charge < -0.3 is 44.9 Å². The smallest absolute Gasteiger partial charge is 0.339 e. The molecule has 0 saturated carbocycles. The van der Waals surface area contributed by atoms with Crippen LogP contribution < -0.4 is 20.1 Å². The molecule has 6 aliphatic rings. The molecule has 10 rings (SSSR count). The molecular formula is C54H59ClN2O16S2. The predicted molar refractivity (Wildman–Crippen MR) is 271 cm³/mol. The Morgan fingerprint density at radius 1 is 0.613 bits per heavy atom. The molecule has 4 heterocycles. The van der Waals surface area contributed by atoms with Gasteiger partial charge >= 0.3 is 11.9 Å². The lowest BCUT2D eigenvalue weighted by molar-refractivity contribution is -0.239. The van der Waals surface area contributed by atoms with Crippen LogP contribution in [0.1, 0.15) is 65.2 Å². The highest BCUT2D eigenvalue weighted by atomic mass is 35.7. The van der Waals surface area contributed by atoms with Crippen molar-refractivity contribution in [3.63, 3.8) is 0 Å². The summed E-state index contributed by atoms with van der Waals surface area (Å²) in [4.78, 5) is 49.8. The fourth-order valence-electron chi connectivity index (χ4n) is 10.8. The van der Waals surface area contributed by atoms with Gasteiger partial charge in [0.15, 0.2) is 11.2 Å². The fraction of sp³-hybridized carbons (Fsp3) is 0.407. The minimum Gasteiger partial charge on any atom is -0.457 e. The van der Waals surface area contributed by atoms with Gasteiger partial charge in [0, 0.05) is 29.1 Å². The number of nitrogens with one attached hydrogen (secondary N) is 2. The summed E-state index contributed by atoms with van der Waals surface area (Å²) in [6.07, 6.45) is 11.0. The highest BCUT2D eigenvalue weighted by Gasteiger charge is 2.80. The fourth-order valence-corrected chi connectivity index (χ4v) is 12.5. The number of hydrogen-bond donors (Lipinski definition) is 5. The molecule has 18 nitrogen and oxygen atoms in total. The van der Waals surface area contributed by atoms with E-state index in [0.717, 1.165) is 32.1 Å². The summed E-state index contributed by atoms with van der Waals surface area (Å²) in [5.41, 5.74) is -5.34. The maximum absolute atomic E-state index is 12.9. The van der Waals surface area contributed by atoms with Gasteiger partial charge in [0.05, 0.1) is 40.4 Å². The molecule has 75 heavy (non-hydrogen) atoms. The Hall–Kier alpha value is -6.13. The van der Waals surface area contributed by atoms with E-state index in [-0.39, 0.29) is 53.6 Å². The average molecular weight is 1090 g/mol. The molecule has 5 N–H and O–H groups in total. The molecule has 0 spiro atoms. The normalized spacial score (nSPS) is 29.1. The van der Waals surface area contributed by atoms with Crippen molar-refractivity contribution in [1.82, 2.24) is 10.6 Å². The van der Waals surface area contributed by atoms with Crippen molar-refractivity contribution in [2.75, 3.05) is 13.2 Å². The van der Waals surface area contributed by atoms with Crippen molar-refractivity contribution in [3.8, 4) is 23.0 Å². The first-order valence-electron chi connectivity index (χ1n) is 24.6. The van der Waals surface area contributed by atoms with Crippen molar-refractivity contribution < 1.29 is 74.5 Å². The molecule has 2 aliphatic carbocycles. The van der Waals surface area contributed by atoms with Crippen LogP contribution in [0.5, 0.6) is 23.0 Å². The van der Waals surface area contributed by atoms with Crippen molar-refractivity contribution in [2.24, 2.45) is 23.7 Å². The highest BCUT2D eigenvalue weighted by Crippen LogP contribution is 2.55. The van der Waals surface area contributed by atoms with Crippen molar-refractivity contribution >= 4 is 53.6 Å². The Bertz CT molecular complexity index is 3020. The summed E-state index contributed by atoms with van der Waals surface area (Å²) in [5, 5.41) is 36.4. The molecule has 4 aliphatic heterocycles. The number of hydrogen-bond acceptors (Lipinski definition) is 16. The number of halogens is 1. The highest BCUT2D eigenvalue weighted by molar-refractivity contribution is 8.13. The first kappa shape index (κ1) is 55.1. The third-order valence-corrected chi connectivity index (χ3v) is 17.6. The molecule has 0 unspecified atom stereocenters. The van der Waals surface area contributed by atoms with Crippen LogP contribution in [-0.4, -0.2) is 104 Å². The first-order chi connectivity index (χ1) is 35.7. The van der Waals surface area contributed by atoms with Gasteiger partial charge in [-0.1, -0.05) is 60.7 Å². The molecule has 21 heteroatoms. The summed E-state index contributed by atoms with van der Waals surface area (Å²) in [6.45, 7) is 2.81. The standard InChI is InChI=1S/C27H29NO8S.C15H21NO5.C12H9ClO3S/c1-26-22(24(30)28-27(26,25(31)36-26)23(29)18-8-4-2-5-9-18)16-17-34-37(32,33)21-14-12-20(13-15-21)35-19-10-6-3-7-11-19;1-14-10(7-8-17)12(19)16-15(14,13(20)21-14)11(18)9-5-3-2-4-6-9;13-17(14,15)12-8-6-11(7-9-12)16-10-4-2-1-3-5-10/h3-4,6-8,10-15,18,22-23,29H,2,5,9,16-17H2,1H3,(H,28,30);3,5,9-11,17-18H,2,4,6-8H2,1H3,(H,16,19);1-9H/t18-,22+,23+,26+,27+;9-,10+,11+,14+,15+;/m11./s1. The summed E-state index contributed by atoms with van der Waals surface area (Å²) < 4.78 is 74.7. The number of fused-ring (bicyclic) bond motifs is 2. The lowest BCUT2D eigenvalue weighted by Crippen LogP contribution is -2.80. The van der Waals surface area contributed by atoms with E-state index in [4.69, 9.17) is 38.9 Å². The van der Waals surface area contributed by atoms with E-state index in [1.54, 1.807) is 38.1 Å². The summed E-state index contributed by atoms with van der Waals surface area (Å²) >= 11 is 0. The number of carbonyl (C=O) groups is 4. The number of carbonyl (C=O) groups excluding carboxylic acids is 4. The van der Waals surface area contributed by atoms with Gasteiger partial charge in [-0.3, -0.25) is 13.8 Å². The second-order valence-corrected chi connectivity index (χ2v) is 23.6. The van der Waals surface area contributed by atoms with Crippen LogP contribution >= 0.6 is 10.7 Å². The van der Waals surface area contributed by atoms with Gasteiger partial charge in [-0.05, 0) is 138 Å². The van der Waals surface area contributed by atoms with Crippen LogP contribution in [0.2, 0.25) is 0 Å². The van der Waals surface area contributed by atoms with Crippen LogP contribution in [0.15, 0.2) is 143 Å². The number of allylic oxidation sites excluding steroid dienone is 2. The number of benzene rings is 4. The Kier molecular flexibility index (Phi) is 16.3. The monoisotopic (exact) mass is 1090 g/mol. The zero-order valence-electron chi connectivity index (χ0n) is 41.1. The molecule has 10 atom stereocenters. The second-order valence-electron chi connectivity index (χ2n) is 19.4. The first-order valence-corrected chi connectivity index (χ1v) is 28.3. The maximum atomic E-state index is 12.9. The van der Waals surface area contributed by atoms with Crippen LogP contribution in [0, 0.1) is 23.7 Å². The van der Waals surface area contributed by atoms with E-state index in [1.807, 2.05) is 72.8 Å². The van der Waals surface area contributed by atoms with Crippen LogP contribution in [0.25, 0.3) is 0 Å². The van der Waals surface area contributed by atoms with E-state index >= 15 is 0 Å². The number of esters is 2. The largest absolute Gasteiger partial charge is 0.457 e. The average Bonchev–Trinajstić information content (AvgIpc) is 3.77. The Labute approximate surface area is 439 Å². The Balaban J connectivity index is 0.000000165. The van der Waals surface area contributed by atoms with Gasteiger partial charge in [0.2, 0.25) is 22.9 Å². The number of aliphatic hydroxyl groups is 3. The van der Waals surface area contributed by atoms with Crippen LogP contribution in [0.3, 0.4) is 0 Å². The lowest BCUT2D eigenvalue weighted by atomic mass is 9.64. The third kappa shape index (κ3) is 10.7. The van der Waals surface area contributed by atoms with E-state index in [2.05, 4.69) is 10.6 Å². The molecule has 0 bridgehead atoms. The Morgan fingerprint density at radius 2 is 1.01 bits per heavy atom. The van der Waals surface area contributed by atoms with Crippen molar-refractivity contribution in [1.29, 1.82) is 0 Å². The number of rotatable bonds is 16. The molecule has 2 amide bonds. The van der Waals surface area contributed by atoms with Crippen LogP contribution in [-0.2, 0) is 52.0 Å². The molecule has 0 aromatic heterocycles. The minimum absolute atomic E-state index is 0.0149. The van der Waals surface area contributed by atoms with Crippen LogP contribution in [0.4, 0.5) is 0 Å². The third-order valence-electron chi connectivity index (χ3n) is 14.9. The molecule has 0 radical (unpaired) electrons. The van der Waals surface area contributed by atoms with E-state index < -0.39 is 83.3 Å².